The lowest BCUT2D eigenvalue weighted by Gasteiger charge is -2.11. The molecule has 0 spiro atoms. The van der Waals surface area contributed by atoms with Gasteiger partial charge in [0.15, 0.2) is 0 Å². The van der Waals surface area contributed by atoms with E-state index in [-0.39, 0.29) is 18.0 Å². The molecule has 2 rings (SSSR count). The van der Waals surface area contributed by atoms with Crippen molar-refractivity contribution in [2.75, 3.05) is 11.9 Å². The number of benzene rings is 1. The second-order valence-electron chi connectivity index (χ2n) is 5.30. The Morgan fingerprint density at radius 2 is 2.00 bits per heavy atom. The van der Waals surface area contributed by atoms with Crippen LogP contribution in [0.3, 0.4) is 0 Å². The van der Waals surface area contributed by atoms with Gasteiger partial charge in [-0.1, -0.05) is 0 Å². The Balaban J connectivity index is 2.24. The molecule has 1 aromatic carbocycles. The third-order valence-corrected chi connectivity index (χ3v) is 3.38. The largest absolute Gasteiger partial charge is 0.494 e. The molecule has 0 saturated carbocycles. The van der Waals surface area contributed by atoms with Crippen LogP contribution in [0.5, 0.6) is 5.75 Å². The summed E-state index contributed by atoms with van der Waals surface area (Å²) in [6.45, 7) is 1.22. The SMILES string of the molecule is CCOc1ccc(NC(=O)Cn2cc(C(F)(F)F)ccc2=O)c([N+](=O)[O-])c1. The van der Waals surface area contributed by atoms with Crippen molar-refractivity contribution in [1.29, 1.82) is 0 Å². The zero-order valence-electron chi connectivity index (χ0n) is 13.9. The highest BCUT2D eigenvalue weighted by molar-refractivity contribution is 5.93. The summed E-state index contributed by atoms with van der Waals surface area (Å²) >= 11 is 0. The lowest BCUT2D eigenvalue weighted by Crippen LogP contribution is -2.28. The second kappa shape index (κ2) is 7.89. The van der Waals surface area contributed by atoms with Crippen molar-refractivity contribution in [2.24, 2.45) is 0 Å². The number of aromatic nitrogens is 1. The molecule has 0 aliphatic carbocycles. The minimum atomic E-state index is -4.68. The van der Waals surface area contributed by atoms with Crippen molar-refractivity contribution < 1.29 is 27.6 Å². The molecule has 0 aliphatic heterocycles. The van der Waals surface area contributed by atoms with E-state index in [0.717, 1.165) is 6.07 Å². The molecule has 0 radical (unpaired) electrons. The van der Waals surface area contributed by atoms with Crippen molar-refractivity contribution in [3.05, 3.63) is 62.6 Å². The monoisotopic (exact) mass is 385 g/mol. The quantitative estimate of drug-likeness (QED) is 0.608. The van der Waals surface area contributed by atoms with Gasteiger partial charge in [-0.05, 0) is 25.1 Å². The molecule has 1 amide bonds. The number of hydrogen-bond acceptors (Lipinski definition) is 5. The first-order valence-electron chi connectivity index (χ1n) is 7.60. The standard InChI is InChI=1S/C16H14F3N3O5/c1-2-27-11-4-5-12(13(7-11)22(25)26)20-14(23)9-21-8-10(16(17,18)19)3-6-15(21)24/h3-8H,2,9H2,1H3,(H,20,23). The van der Waals surface area contributed by atoms with Crippen LogP contribution >= 0.6 is 0 Å². The summed E-state index contributed by atoms with van der Waals surface area (Å²) in [5.74, 6) is -0.681. The van der Waals surface area contributed by atoms with Gasteiger partial charge in [0.2, 0.25) is 5.91 Å². The van der Waals surface area contributed by atoms with Gasteiger partial charge >= 0.3 is 6.18 Å². The first-order valence-corrected chi connectivity index (χ1v) is 7.60. The lowest BCUT2D eigenvalue weighted by molar-refractivity contribution is -0.384. The Morgan fingerprint density at radius 3 is 2.59 bits per heavy atom. The number of rotatable bonds is 6. The van der Waals surface area contributed by atoms with Crippen LogP contribution in [0, 0.1) is 10.1 Å². The van der Waals surface area contributed by atoms with E-state index in [9.17, 15) is 32.9 Å². The molecule has 0 aliphatic rings. The predicted octanol–water partition coefficient (Wildman–Crippen LogP) is 2.81. The number of carbonyl (C=O) groups excluding carboxylic acids is 1. The Kier molecular flexibility index (Phi) is 5.83. The van der Waals surface area contributed by atoms with Gasteiger partial charge in [0, 0.05) is 12.3 Å². The Morgan fingerprint density at radius 1 is 1.30 bits per heavy atom. The normalized spacial score (nSPS) is 11.1. The molecule has 1 N–H and O–H groups in total. The highest BCUT2D eigenvalue weighted by atomic mass is 19.4. The maximum Gasteiger partial charge on any atom is 0.417 e. The highest BCUT2D eigenvalue weighted by Crippen LogP contribution is 2.30. The van der Waals surface area contributed by atoms with Crippen molar-refractivity contribution in [2.45, 2.75) is 19.6 Å². The van der Waals surface area contributed by atoms with Crippen LogP contribution in [-0.2, 0) is 17.5 Å². The molecule has 8 nitrogen and oxygen atoms in total. The maximum atomic E-state index is 12.7. The van der Waals surface area contributed by atoms with Crippen LogP contribution in [0.1, 0.15) is 12.5 Å². The van der Waals surface area contributed by atoms with E-state index >= 15 is 0 Å². The summed E-state index contributed by atoms with van der Waals surface area (Å²) in [6, 6.07) is 5.03. The molecule has 0 fully saturated rings. The van der Waals surface area contributed by atoms with E-state index in [2.05, 4.69) is 5.32 Å². The van der Waals surface area contributed by atoms with E-state index in [0.29, 0.717) is 22.9 Å². The molecule has 1 aromatic heterocycles. The number of halogens is 3. The molecule has 0 saturated heterocycles. The number of alkyl halides is 3. The second-order valence-corrected chi connectivity index (χ2v) is 5.30. The van der Waals surface area contributed by atoms with Gasteiger partial charge in [-0.25, -0.2) is 0 Å². The van der Waals surface area contributed by atoms with Crippen LogP contribution in [0.15, 0.2) is 41.3 Å². The number of nitro benzene ring substituents is 1. The van der Waals surface area contributed by atoms with E-state index < -0.39 is 40.4 Å². The molecule has 2 aromatic rings. The summed E-state index contributed by atoms with van der Waals surface area (Å²) in [5, 5.41) is 13.4. The first kappa shape index (κ1) is 19.9. The number of nitro groups is 1. The lowest BCUT2D eigenvalue weighted by atomic mass is 10.2. The molecular weight excluding hydrogens is 371 g/mol. The van der Waals surface area contributed by atoms with Crippen LogP contribution < -0.4 is 15.6 Å². The van der Waals surface area contributed by atoms with Crippen LogP contribution in [0.2, 0.25) is 0 Å². The maximum absolute atomic E-state index is 12.7. The van der Waals surface area contributed by atoms with Gasteiger partial charge in [-0.15, -0.1) is 0 Å². The fourth-order valence-corrected chi connectivity index (χ4v) is 2.19. The zero-order chi connectivity index (χ0) is 20.2. The number of nitrogens with one attached hydrogen (secondary N) is 1. The summed E-state index contributed by atoms with van der Waals surface area (Å²) < 4.78 is 43.9. The number of amides is 1. The molecule has 0 unspecified atom stereocenters. The van der Waals surface area contributed by atoms with E-state index in [1.807, 2.05) is 0 Å². The molecule has 0 bridgehead atoms. The minimum Gasteiger partial charge on any atom is -0.494 e. The van der Waals surface area contributed by atoms with Gasteiger partial charge in [0.25, 0.3) is 11.2 Å². The highest BCUT2D eigenvalue weighted by Gasteiger charge is 2.31. The van der Waals surface area contributed by atoms with E-state index in [1.54, 1.807) is 6.92 Å². The van der Waals surface area contributed by atoms with Gasteiger partial charge in [0.1, 0.15) is 18.0 Å². The van der Waals surface area contributed by atoms with Crippen LogP contribution in [-0.4, -0.2) is 22.0 Å². The molecule has 27 heavy (non-hydrogen) atoms. The molecule has 0 atom stereocenters. The topological polar surface area (TPSA) is 103 Å². The van der Waals surface area contributed by atoms with Gasteiger partial charge in [-0.3, -0.25) is 19.7 Å². The number of hydrogen-bond donors (Lipinski definition) is 1. The Bertz CT molecular complexity index is 924. The average molecular weight is 385 g/mol. The van der Waals surface area contributed by atoms with Gasteiger partial charge in [-0.2, -0.15) is 13.2 Å². The first-order chi connectivity index (χ1) is 12.6. The molecule has 144 valence electrons. The summed E-state index contributed by atoms with van der Waals surface area (Å²) in [6.07, 6.45) is -4.17. The number of nitrogens with zero attached hydrogens (tertiary/aromatic N) is 2. The summed E-state index contributed by atoms with van der Waals surface area (Å²) in [7, 11) is 0. The Labute approximate surface area is 150 Å². The predicted molar refractivity (Wildman–Crippen MR) is 88.6 cm³/mol. The Hall–Kier alpha value is -3.37. The average Bonchev–Trinajstić information content (AvgIpc) is 2.57. The fraction of sp³-hybridized carbons (Fsp3) is 0.250. The van der Waals surface area contributed by atoms with Crippen LogP contribution in [0.25, 0.3) is 0 Å². The van der Waals surface area contributed by atoms with Gasteiger partial charge in [0.05, 0.1) is 23.2 Å². The summed E-state index contributed by atoms with van der Waals surface area (Å²) in [4.78, 5) is 34.1. The molecule has 11 heteroatoms. The third-order valence-electron chi connectivity index (χ3n) is 3.38. The van der Waals surface area contributed by atoms with Crippen molar-refractivity contribution in [1.82, 2.24) is 4.57 Å². The summed E-state index contributed by atoms with van der Waals surface area (Å²) in [5.41, 5.74) is -2.54. The number of ether oxygens (including phenoxy) is 1. The smallest absolute Gasteiger partial charge is 0.417 e. The van der Waals surface area contributed by atoms with Crippen molar-refractivity contribution in [3.8, 4) is 5.75 Å². The van der Waals surface area contributed by atoms with Gasteiger partial charge < -0.3 is 14.6 Å². The van der Waals surface area contributed by atoms with Crippen molar-refractivity contribution in [3.63, 3.8) is 0 Å². The minimum absolute atomic E-state index is 0.173. The van der Waals surface area contributed by atoms with E-state index in [1.165, 1.54) is 12.1 Å². The number of carbonyl (C=O) groups is 1. The number of anilines is 1. The fourth-order valence-electron chi connectivity index (χ4n) is 2.19. The van der Waals surface area contributed by atoms with Crippen LogP contribution in [0.4, 0.5) is 24.5 Å². The number of pyridine rings is 1. The van der Waals surface area contributed by atoms with E-state index in [4.69, 9.17) is 4.74 Å². The van der Waals surface area contributed by atoms with Crippen molar-refractivity contribution >= 4 is 17.3 Å². The third kappa shape index (κ3) is 5.06. The molecular formula is C16H14F3N3O5. The molecule has 1 heterocycles. The zero-order valence-corrected chi connectivity index (χ0v) is 13.9.